The van der Waals surface area contributed by atoms with Gasteiger partial charge >= 0.3 is 0 Å². The summed E-state index contributed by atoms with van der Waals surface area (Å²) in [6, 6.07) is 16.5. The van der Waals surface area contributed by atoms with Crippen molar-refractivity contribution in [3.8, 4) is 0 Å². The molecule has 0 radical (unpaired) electrons. The molecule has 0 aromatic heterocycles. The largest absolute Gasteiger partial charge is 0.319 e. The lowest BCUT2D eigenvalue weighted by Gasteiger charge is -2.46. The third-order valence-electron chi connectivity index (χ3n) is 5.27. The van der Waals surface area contributed by atoms with E-state index >= 15 is 0 Å². The van der Waals surface area contributed by atoms with Crippen LogP contribution in [0.25, 0.3) is 0 Å². The van der Waals surface area contributed by atoms with E-state index in [0.717, 1.165) is 37.2 Å². The number of carbonyl (C=O) groups is 1. The van der Waals surface area contributed by atoms with Gasteiger partial charge < -0.3 is 4.90 Å². The molecule has 140 valence electrons. The van der Waals surface area contributed by atoms with Crippen LogP contribution in [-0.4, -0.2) is 29.6 Å². The highest BCUT2D eigenvalue weighted by Crippen LogP contribution is 2.49. The van der Waals surface area contributed by atoms with Crippen molar-refractivity contribution in [3.05, 3.63) is 61.2 Å². The number of benzene rings is 2. The summed E-state index contributed by atoms with van der Waals surface area (Å²) in [7, 11) is 0. The smallest absolute Gasteiger partial charge is 0.251 e. The SMILES string of the molecule is C=CC(N1c2ccccc2Sc2ccccc21)N1CCCCC1C(=O)NN. The molecule has 2 aromatic rings. The lowest BCUT2D eigenvalue weighted by Crippen LogP contribution is -2.58. The zero-order valence-electron chi connectivity index (χ0n) is 15.2. The Kier molecular flexibility index (Phi) is 5.20. The van der Waals surface area contributed by atoms with Crippen LogP contribution in [0.3, 0.4) is 0 Å². The van der Waals surface area contributed by atoms with Gasteiger partial charge in [-0.3, -0.25) is 15.1 Å². The number of likely N-dealkylation sites (tertiary alicyclic amines) is 1. The Morgan fingerprint density at radius 3 is 2.37 bits per heavy atom. The first-order valence-corrected chi connectivity index (χ1v) is 10.1. The van der Waals surface area contributed by atoms with Crippen LogP contribution < -0.4 is 16.2 Å². The highest BCUT2D eigenvalue weighted by molar-refractivity contribution is 7.99. The Morgan fingerprint density at radius 1 is 1.15 bits per heavy atom. The number of hydrogen-bond donors (Lipinski definition) is 2. The van der Waals surface area contributed by atoms with E-state index in [-0.39, 0.29) is 18.1 Å². The summed E-state index contributed by atoms with van der Waals surface area (Å²) in [6.45, 7) is 4.96. The van der Waals surface area contributed by atoms with Crippen LogP contribution in [0.5, 0.6) is 0 Å². The fourth-order valence-electron chi connectivity index (χ4n) is 4.06. The molecule has 0 spiro atoms. The molecule has 4 rings (SSSR count). The molecule has 1 amide bonds. The molecule has 1 saturated heterocycles. The number of piperidine rings is 1. The van der Waals surface area contributed by atoms with E-state index in [4.69, 9.17) is 5.84 Å². The number of fused-ring (bicyclic) bond motifs is 2. The van der Waals surface area contributed by atoms with Crippen LogP contribution >= 0.6 is 11.8 Å². The van der Waals surface area contributed by atoms with Crippen molar-refractivity contribution in [1.29, 1.82) is 0 Å². The van der Waals surface area contributed by atoms with Crippen LogP contribution in [0, 0.1) is 0 Å². The van der Waals surface area contributed by atoms with E-state index in [1.807, 2.05) is 6.08 Å². The third-order valence-corrected chi connectivity index (χ3v) is 6.40. The lowest BCUT2D eigenvalue weighted by atomic mass is 10.00. The van der Waals surface area contributed by atoms with Crippen LogP contribution in [0.4, 0.5) is 11.4 Å². The van der Waals surface area contributed by atoms with Crippen molar-refractivity contribution in [2.45, 2.75) is 41.3 Å². The second kappa shape index (κ2) is 7.76. The molecule has 0 saturated carbocycles. The Balaban J connectivity index is 1.80. The molecule has 1 fully saturated rings. The summed E-state index contributed by atoms with van der Waals surface area (Å²) < 4.78 is 0. The molecule has 0 bridgehead atoms. The molecular formula is C21H24N4OS. The molecule has 27 heavy (non-hydrogen) atoms. The van der Waals surface area contributed by atoms with E-state index in [2.05, 4.69) is 70.3 Å². The van der Waals surface area contributed by atoms with Gasteiger partial charge in [0.25, 0.3) is 5.91 Å². The zero-order chi connectivity index (χ0) is 18.8. The van der Waals surface area contributed by atoms with Crippen LogP contribution in [-0.2, 0) is 4.79 Å². The number of nitrogens with one attached hydrogen (secondary N) is 1. The number of para-hydroxylation sites is 2. The molecule has 2 aromatic carbocycles. The number of nitrogens with zero attached hydrogens (tertiary/aromatic N) is 2. The van der Waals surface area contributed by atoms with Gasteiger partial charge in [-0.1, -0.05) is 55.1 Å². The minimum absolute atomic E-state index is 0.129. The van der Waals surface area contributed by atoms with Gasteiger partial charge in [-0.25, -0.2) is 5.84 Å². The monoisotopic (exact) mass is 380 g/mol. The van der Waals surface area contributed by atoms with E-state index in [9.17, 15) is 4.79 Å². The maximum Gasteiger partial charge on any atom is 0.251 e. The highest BCUT2D eigenvalue weighted by Gasteiger charge is 2.37. The molecule has 3 N–H and O–H groups in total. The van der Waals surface area contributed by atoms with E-state index in [1.54, 1.807) is 11.8 Å². The van der Waals surface area contributed by atoms with Crippen LogP contribution in [0.2, 0.25) is 0 Å². The summed E-state index contributed by atoms with van der Waals surface area (Å²) >= 11 is 1.78. The summed E-state index contributed by atoms with van der Waals surface area (Å²) in [4.78, 5) is 19.4. The Bertz CT molecular complexity index is 810. The number of hydrogen-bond acceptors (Lipinski definition) is 5. The average molecular weight is 381 g/mol. The molecule has 6 heteroatoms. The first-order chi connectivity index (χ1) is 13.2. The van der Waals surface area contributed by atoms with Crippen molar-refractivity contribution in [1.82, 2.24) is 10.3 Å². The highest BCUT2D eigenvalue weighted by atomic mass is 32.2. The summed E-state index contributed by atoms with van der Waals surface area (Å²) in [5.41, 5.74) is 4.63. The predicted molar refractivity (Wildman–Crippen MR) is 110 cm³/mol. The molecule has 2 aliphatic rings. The van der Waals surface area contributed by atoms with Crippen molar-refractivity contribution in [3.63, 3.8) is 0 Å². The van der Waals surface area contributed by atoms with Crippen molar-refractivity contribution >= 4 is 29.0 Å². The number of rotatable bonds is 4. The molecular weight excluding hydrogens is 356 g/mol. The minimum atomic E-state index is -0.249. The van der Waals surface area contributed by atoms with Crippen molar-refractivity contribution < 1.29 is 4.79 Å². The second-order valence-corrected chi connectivity index (χ2v) is 7.90. The van der Waals surface area contributed by atoms with Gasteiger partial charge in [0, 0.05) is 16.3 Å². The molecule has 2 aliphatic heterocycles. The summed E-state index contributed by atoms with van der Waals surface area (Å²) in [5.74, 6) is 5.34. The average Bonchev–Trinajstić information content (AvgIpc) is 2.73. The first kappa shape index (κ1) is 18.1. The Labute approximate surface area is 164 Å². The van der Waals surface area contributed by atoms with Crippen LogP contribution in [0.15, 0.2) is 71.0 Å². The number of amides is 1. The van der Waals surface area contributed by atoms with Gasteiger partial charge in [0.15, 0.2) is 0 Å². The number of nitrogens with two attached hydrogens (primary N) is 1. The fourth-order valence-corrected chi connectivity index (χ4v) is 5.13. The Hall–Kier alpha value is -2.28. The van der Waals surface area contributed by atoms with E-state index in [0.29, 0.717) is 0 Å². The molecule has 2 unspecified atom stereocenters. The number of hydrazine groups is 1. The van der Waals surface area contributed by atoms with E-state index in [1.165, 1.54) is 9.79 Å². The standard InChI is InChI=1S/C21H24N4OS/c1-2-20(24-14-8-7-11-17(24)21(26)23-22)25-15-9-3-5-12-18(15)27-19-13-6-4-10-16(19)25/h2-6,9-10,12-13,17,20H,1,7-8,11,14,22H2,(H,23,26). The molecule has 0 aliphatic carbocycles. The Morgan fingerprint density at radius 2 is 1.78 bits per heavy atom. The lowest BCUT2D eigenvalue weighted by molar-refractivity contribution is -0.128. The molecule has 5 nitrogen and oxygen atoms in total. The maximum atomic E-state index is 12.4. The van der Waals surface area contributed by atoms with Crippen LogP contribution in [0.1, 0.15) is 19.3 Å². The number of anilines is 2. The van der Waals surface area contributed by atoms with Crippen molar-refractivity contribution in [2.75, 3.05) is 11.4 Å². The maximum absolute atomic E-state index is 12.4. The minimum Gasteiger partial charge on any atom is -0.319 e. The van der Waals surface area contributed by atoms with Crippen molar-refractivity contribution in [2.24, 2.45) is 5.84 Å². The van der Waals surface area contributed by atoms with Gasteiger partial charge in [0.2, 0.25) is 0 Å². The molecule has 2 atom stereocenters. The summed E-state index contributed by atoms with van der Waals surface area (Å²) in [6.07, 6.45) is 4.70. The summed E-state index contributed by atoms with van der Waals surface area (Å²) in [5, 5.41) is 0. The quantitative estimate of drug-likeness (QED) is 0.367. The second-order valence-electron chi connectivity index (χ2n) is 6.81. The predicted octanol–water partition coefficient (Wildman–Crippen LogP) is 3.65. The topological polar surface area (TPSA) is 61.6 Å². The van der Waals surface area contributed by atoms with E-state index < -0.39 is 0 Å². The first-order valence-electron chi connectivity index (χ1n) is 9.28. The van der Waals surface area contributed by atoms with Gasteiger partial charge in [0.05, 0.1) is 17.4 Å². The fraction of sp³-hybridized carbons (Fsp3) is 0.286. The van der Waals surface area contributed by atoms with Gasteiger partial charge in [0.1, 0.15) is 6.17 Å². The molecule has 2 heterocycles. The zero-order valence-corrected chi connectivity index (χ0v) is 16.0. The normalized spacial score (nSPS) is 20.3. The van der Waals surface area contributed by atoms with Gasteiger partial charge in [-0.2, -0.15) is 0 Å². The number of carbonyl (C=O) groups excluding carboxylic acids is 1. The third kappa shape index (κ3) is 3.25. The van der Waals surface area contributed by atoms with Gasteiger partial charge in [-0.15, -0.1) is 0 Å². The van der Waals surface area contributed by atoms with Gasteiger partial charge in [-0.05, 0) is 37.1 Å².